The normalized spacial score (nSPS) is 11.3. The Morgan fingerprint density at radius 1 is 1.06 bits per heavy atom. The molecule has 1 N–H and O–H groups in total. The summed E-state index contributed by atoms with van der Waals surface area (Å²) >= 11 is 1.53. The summed E-state index contributed by atoms with van der Waals surface area (Å²) in [7, 11) is 8.19. The Kier molecular flexibility index (Phi) is 6.87. The molecule has 0 aliphatic rings. The SMILES string of the molecule is CN(C)CCCOc1ccc(-c2cn3nc(NCc4ccc(N(C)C)cc4)sc3n2)cn1. The third-order valence-corrected chi connectivity index (χ3v) is 5.85. The van der Waals surface area contributed by atoms with Crippen molar-refractivity contribution >= 4 is 27.1 Å². The number of benzene rings is 1. The summed E-state index contributed by atoms with van der Waals surface area (Å²) in [6, 6.07) is 12.4. The van der Waals surface area contributed by atoms with Crippen LogP contribution in [0, 0.1) is 0 Å². The highest BCUT2D eigenvalue weighted by atomic mass is 32.1. The van der Waals surface area contributed by atoms with Gasteiger partial charge in [0.15, 0.2) is 0 Å². The van der Waals surface area contributed by atoms with E-state index in [4.69, 9.17) is 9.72 Å². The van der Waals surface area contributed by atoms with Gasteiger partial charge in [-0.25, -0.2) is 14.5 Å². The molecule has 0 bridgehead atoms. The van der Waals surface area contributed by atoms with E-state index in [9.17, 15) is 0 Å². The van der Waals surface area contributed by atoms with Gasteiger partial charge in [-0.2, -0.15) is 0 Å². The van der Waals surface area contributed by atoms with E-state index in [1.807, 2.05) is 36.9 Å². The smallest absolute Gasteiger partial charge is 0.214 e. The summed E-state index contributed by atoms with van der Waals surface area (Å²) in [6.07, 6.45) is 4.69. The lowest BCUT2D eigenvalue weighted by molar-refractivity contribution is 0.273. The van der Waals surface area contributed by atoms with Crippen molar-refractivity contribution in [2.24, 2.45) is 0 Å². The average molecular weight is 452 g/mol. The molecule has 4 aromatic rings. The molecule has 0 radical (unpaired) electrons. The molecule has 0 fully saturated rings. The van der Waals surface area contributed by atoms with Crippen molar-refractivity contribution in [3.63, 3.8) is 0 Å². The van der Waals surface area contributed by atoms with Crippen LogP contribution >= 0.6 is 11.3 Å². The van der Waals surface area contributed by atoms with Gasteiger partial charge in [0, 0.05) is 50.7 Å². The number of nitrogens with zero attached hydrogens (tertiary/aromatic N) is 6. The molecule has 9 heteroatoms. The molecule has 1 aromatic carbocycles. The van der Waals surface area contributed by atoms with Gasteiger partial charge in [0.1, 0.15) is 0 Å². The van der Waals surface area contributed by atoms with Crippen molar-refractivity contribution < 1.29 is 4.74 Å². The van der Waals surface area contributed by atoms with E-state index in [1.54, 1.807) is 6.20 Å². The van der Waals surface area contributed by atoms with Crippen molar-refractivity contribution in [3.8, 4) is 17.1 Å². The number of imidazole rings is 1. The van der Waals surface area contributed by atoms with Crippen LogP contribution < -0.4 is 15.0 Å². The molecule has 0 spiro atoms. The predicted molar refractivity (Wildman–Crippen MR) is 131 cm³/mol. The van der Waals surface area contributed by atoms with Gasteiger partial charge in [-0.1, -0.05) is 23.5 Å². The highest BCUT2D eigenvalue weighted by molar-refractivity contribution is 7.20. The second-order valence-electron chi connectivity index (χ2n) is 8.07. The number of rotatable bonds is 10. The molecule has 32 heavy (non-hydrogen) atoms. The van der Waals surface area contributed by atoms with Crippen LogP contribution in [0.4, 0.5) is 10.8 Å². The van der Waals surface area contributed by atoms with E-state index in [-0.39, 0.29) is 0 Å². The average Bonchev–Trinajstić information content (AvgIpc) is 3.35. The lowest BCUT2D eigenvalue weighted by atomic mass is 10.2. The van der Waals surface area contributed by atoms with Gasteiger partial charge < -0.3 is 19.9 Å². The van der Waals surface area contributed by atoms with Gasteiger partial charge in [-0.3, -0.25) is 0 Å². The Hall–Kier alpha value is -3.17. The van der Waals surface area contributed by atoms with E-state index >= 15 is 0 Å². The zero-order chi connectivity index (χ0) is 22.5. The maximum atomic E-state index is 5.70. The number of hydrogen-bond acceptors (Lipinski definition) is 8. The standard InChI is InChI=1S/C23H29N7OS/c1-28(2)12-5-13-31-21-11-8-18(15-24-21)20-16-30-23(26-20)32-22(27-30)25-14-17-6-9-19(10-7-17)29(3)4/h6-11,15-16H,5,12-14H2,1-4H3,(H,25,27). The highest BCUT2D eigenvalue weighted by Crippen LogP contribution is 2.25. The molecule has 4 rings (SSSR count). The Labute approximate surface area is 192 Å². The first-order valence-corrected chi connectivity index (χ1v) is 11.4. The quantitative estimate of drug-likeness (QED) is 0.367. The largest absolute Gasteiger partial charge is 0.478 e. The number of fused-ring (bicyclic) bond motifs is 1. The molecule has 8 nitrogen and oxygen atoms in total. The van der Waals surface area contributed by atoms with Gasteiger partial charge in [0.25, 0.3) is 0 Å². The zero-order valence-corrected chi connectivity index (χ0v) is 19.8. The van der Waals surface area contributed by atoms with E-state index in [2.05, 4.69) is 63.6 Å². The maximum Gasteiger partial charge on any atom is 0.214 e. The van der Waals surface area contributed by atoms with E-state index < -0.39 is 0 Å². The van der Waals surface area contributed by atoms with Gasteiger partial charge in [-0.15, -0.1) is 5.10 Å². The minimum atomic E-state index is 0.636. The highest BCUT2D eigenvalue weighted by Gasteiger charge is 2.10. The van der Waals surface area contributed by atoms with E-state index in [0.717, 1.165) is 40.9 Å². The Bertz CT molecular complexity index is 1100. The summed E-state index contributed by atoms with van der Waals surface area (Å²) in [5, 5.41) is 8.83. The molecule has 3 heterocycles. The van der Waals surface area contributed by atoms with Crippen LogP contribution in [-0.2, 0) is 6.54 Å². The molecular weight excluding hydrogens is 422 g/mol. The summed E-state index contributed by atoms with van der Waals surface area (Å²) < 4.78 is 7.51. The van der Waals surface area contributed by atoms with Crippen molar-refractivity contribution in [2.45, 2.75) is 13.0 Å². The van der Waals surface area contributed by atoms with Crippen molar-refractivity contribution in [2.75, 3.05) is 51.6 Å². The number of hydrogen-bond donors (Lipinski definition) is 1. The van der Waals surface area contributed by atoms with Crippen LogP contribution in [0.1, 0.15) is 12.0 Å². The summed E-state index contributed by atoms with van der Waals surface area (Å²) in [5.41, 5.74) is 4.19. The predicted octanol–water partition coefficient (Wildman–Crippen LogP) is 3.86. The first-order valence-electron chi connectivity index (χ1n) is 10.6. The number of aromatic nitrogens is 4. The second-order valence-corrected chi connectivity index (χ2v) is 9.02. The van der Waals surface area contributed by atoms with Gasteiger partial charge >= 0.3 is 0 Å². The minimum absolute atomic E-state index is 0.636. The second kappa shape index (κ2) is 9.97. The monoisotopic (exact) mass is 451 g/mol. The molecule has 0 unspecified atom stereocenters. The van der Waals surface area contributed by atoms with Crippen LogP contribution in [0.15, 0.2) is 48.8 Å². The maximum absolute atomic E-state index is 5.70. The van der Waals surface area contributed by atoms with Crippen LogP contribution in [0.2, 0.25) is 0 Å². The fraction of sp³-hybridized carbons (Fsp3) is 0.348. The molecule has 0 saturated carbocycles. The molecule has 0 saturated heterocycles. The van der Waals surface area contributed by atoms with Crippen molar-refractivity contribution in [1.82, 2.24) is 24.5 Å². The van der Waals surface area contributed by atoms with Crippen LogP contribution in [0.5, 0.6) is 5.88 Å². The van der Waals surface area contributed by atoms with E-state index in [1.165, 1.54) is 22.6 Å². The minimum Gasteiger partial charge on any atom is -0.478 e. The Balaban J connectivity index is 1.34. The number of nitrogens with one attached hydrogen (secondary N) is 1. The van der Waals surface area contributed by atoms with Gasteiger partial charge in [0.05, 0.1) is 18.5 Å². The lowest BCUT2D eigenvalue weighted by Gasteiger charge is -2.12. The Morgan fingerprint density at radius 3 is 2.53 bits per heavy atom. The van der Waals surface area contributed by atoms with Crippen LogP contribution in [0.3, 0.4) is 0 Å². The number of pyridine rings is 1. The third kappa shape index (κ3) is 5.54. The number of anilines is 2. The molecule has 168 valence electrons. The summed E-state index contributed by atoms with van der Waals surface area (Å²) in [4.78, 5) is 14.2. The zero-order valence-electron chi connectivity index (χ0n) is 18.9. The molecule has 0 atom stereocenters. The molecular formula is C23H29N7OS. The fourth-order valence-electron chi connectivity index (χ4n) is 3.17. The van der Waals surface area contributed by atoms with Gasteiger partial charge in [-0.05, 0) is 44.3 Å². The van der Waals surface area contributed by atoms with E-state index in [0.29, 0.717) is 12.5 Å². The molecule has 0 aliphatic heterocycles. The van der Waals surface area contributed by atoms with Crippen LogP contribution in [0.25, 0.3) is 16.2 Å². The first kappa shape index (κ1) is 22.0. The van der Waals surface area contributed by atoms with Crippen LogP contribution in [-0.4, -0.2) is 65.8 Å². The lowest BCUT2D eigenvalue weighted by Crippen LogP contribution is -2.15. The fourth-order valence-corrected chi connectivity index (χ4v) is 3.95. The van der Waals surface area contributed by atoms with Gasteiger partial charge in [0.2, 0.25) is 16.0 Å². The topological polar surface area (TPSA) is 70.8 Å². The molecule has 3 aromatic heterocycles. The van der Waals surface area contributed by atoms with Crippen molar-refractivity contribution in [3.05, 3.63) is 54.4 Å². The molecule has 0 amide bonds. The number of ether oxygens (including phenoxy) is 1. The third-order valence-electron chi connectivity index (χ3n) is 4.97. The Morgan fingerprint density at radius 2 is 1.88 bits per heavy atom. The first-order chi connectivity index (χ1) is 15.5. The summed E-state index contributed by atoms with van der Waals surface area (Å²) in [5.74, 6) is 0.636. The summed E-state index contributed by atoms with van der Waals surface area (Å²) in [6.45, 7) is 2.37. The molecule has 0 aliphatic carbocycles. The van der Waals surface area contributed by atoms with Crippen molar-refractivity contribution in [1.29, 1.82) is 0 Å².